The number of aromatic nitrogens is 5. The average molecular weight is 403 g/mol. The van der Waals surface area contributed by atoms with E-state index in [0.29, 0.717) is 44.1 Å². The topological polar surface area (TPSA) is 142 Å². The number of nitrogens with one attached hydrogen (secondary N) is 3. The molecular formula is C20H14FN7O2. The number of rotatable bonds is 2. The predicted molar refractivity (Wildman–Crippen MR) is 111 cm³/mol. The Hall–Kier alpha value is -4.34. The zero-order chi connectivity index (χ0) is 21.0. The third-order valence-electron chi connectivity index (χ3n) is 4.91. The fourth-order valence-corrected chi connectivity index (χ4v) is 3.69. The van der Waals surface area contributed by atoms with Crippen molar-refractivity contribution >= 4 is 50.1 Å². The highest BCUT2D eigenvalue weighted by molar-refractivity contribution is 6.17. The summed E-state index contributed by atoms with van der Waals surface area (Å²) in [6.07, 6.45) is 4.44. The summed E-state index contributed by atoms with van der Waals surface area (Å²) in [4.78, 5) is 35.8. The molecule has 0 bridgehead atoms. The summed E-state index contributed by atoms with van der Waals surface area (Å²) >= 11 is 0. The molecule has 3 aromatic heterocycles. The van der Waals surface area contributed by atoms with Gasteiger partial charge in [-0.25, -0.2) is 4.39 Å². The van der Waals surface area contributed by atoms with Gasteiger partial charge >= 0.3 is 0 Å². The molecule has 0 spiro atoms. The van der Waals surface area contributed by atoms with E-state index < -0.39 is 11.4 Å². The van der Waals surface area contributed by atoms with E-state index in [4.69, 9.17) is 5.73 Å². The molecule has 10 heteroatoms. The summed E-state index contributed by atoms with van der Waals surface area (Å²) < 4.78 is 14.2. The van der Waals surface area contributed by atoms with Gasteiger partial charge in [-0.15, -0.1) is 0 Å². The number of hydrogen-bond acceptors (Lipinski definition) is 6. The Morgan fingerprint density at radius 1 is 1.13 bits per heavy atom. The van der Waals surface area contributed by atoms with Crippen LogP contribution in [0.1, 0.15) is 6.92 Å². The number of nitrogen functional groups attached to an aromatic ring is 1. The van der Waals surface area contributed by atoms with Crippen LogP contribution in [-0.2, 0) is 4.79 Å². The number of nitrogens with two attached hydrogens (primary N) is 1. The van der Waals surface area contributed by atoms with E-state index in [1.165, 1.54) is 37.6 Å². The maximum Gasteiger partial charge on any atom is 0.272 e. The van der Waals surface area contributed by atoms with E-state index in [9.17, 15) is 14.0 Å². The van der Waals surface area contributed by atoms with Gasteiger partial charge in [0.25, 0.3) is 5.56 Å². The fourth-order valence-electron chi connectivity index (χ4n) is 3.69. The van der Waals surface area contributed by atoms with Gasteiger partial charge in [0.05, 0.1) is 17.4 Å². The number of benzene rings is 2. The van der Waals surface area contributed by atoms with Gasteiger partial charge in [-0.3, -0.25) is 24.7 Å². The minimum absolute atomic E-state index is 0.0476. The monoisotopic (exact) mass is 403 g/mol. The number of nitrogens with zero attached hydrogens (tertiary/aromatic N) is 3. The summed E-state index contributed by atoms with van der Waals surface area (Å²) in [7, 11) is 0. The van der Waals surface area contributed by atoms with Crippen LogP contribution in [0.3, 0.4) is 0 Å². The molecule has 0 radical (unpaired) electrons. The highest BCUT2D eigenvalue weighted by Gasteiger charge is 2.20. The molecule has 2 aromatic carbocycles. The zero-order valence-corrected chi connectivity index (χ0v) is 15.6. The normalized spacial score (nSPS) is 11.4. The lowest BCUT2D eigenvalue weighted by Gasteiger charge is -2.14. The number of fused-ring (bicyclic) bond motifs is 4. The Balaban J connectivity index is 1.99. The van der Waals surface area contributed by atoms with Crippen LogP contribution in [0.15, 0.2) is 41.6 Å². The van der Waals surface area contributed by atoms with Crippen molar-refractivity contribution in [1.29, 1.82) is 0 Å². The lowest BCUT2D eigenvalue weighted by molar-refractivity contribution is -0.114. The molecule has 148 valence electrons. The molecule has 0 aliphatic carbocycles. The number of halogens is 1. The number of aromatic amines is 2. The van der Waals surface area contributed by atoms with Crippen molar-refractivity contribution in [3.8, 4) is 11.1 Å². The molecule has 0 aliphatic heterocycles. The quantitative estimate of drug-likeness (QED) is 0.334. The second-order valence-electron chi connectivity index (χ2n) is 6.78. The van der Waals surface area contributed by atoms with Crippen LogP contribution in [0.25, 0.3) is 44.0 Å². The lowest BCUT2D eigenvalue weighted by atomic mass is 9.95. The van der Waals surface area contributed by atoms with Crippen LogP contribution in [0.5, 0.6) is 0 Å². The van der Waals surface area contributed by atoms with Crippen LogP contribution in [0.2, 0.25) is 0 Å². The lowest BCUT2D eigenvalue weighted by Crippen LogP contribution is -2.15. The summed E-state index contributed by atoms with van der Waals surface area (Å²) in [6.45, 7) is 1.38. The van der Waals surface area contributed by atoms with Crippen molar-refractivity contribution in [3.63, 3.8) is 0 Å². The second kappa shape index (κ2) is 6.34. The minimum Gasteiger partial charge on any atom is -0.394 e. The molecule has 5 aromatic rings. The van der Waals surface area contributed by atoms with E-state index in [-0.39, 0.29) is 17.1 Å². The molecule has 5 rings (SSSR count). The summed E-state index contributed by atoms with van der Waals surface area (Å²) in [5.74, 6) is -0.770. The first-order valence-corrected chi connectivity index (χ1v) is 8.94. The molecule has 3 heterocycles. The van der Waals surface area contributed by atoms with Gasteiger partial charge in [0.15, 0.2) is 0 Å². The number of pyridine rings is 1. The molecular weight excluding hydrogens is 389 g/mol. The Labute approximate surface area is 167 Å². The minimum atomic E-state index is -0.516. The molecule has 9 nitrogen and oxygen atoms in total. The Morgan fingerprint density at radius 3 is 2.67 bits per heavy atom. The molecule has 30 heavy (non-hydrogen) atoms. The maximum absolute atomic E-state index is 14.2. The second-order valence-corrected chi connectivity index (χ2v) is 6.78. The number of anilines is 2. The predicted octanol–water partition coefficient (Wildman–Crippen LogP) is 2.69. The van der Waals surface area contributed by atoms with E-state index >= 15 is 0 Å². The number of H-pyrrole nitrogens is 2. The van der Waals surface area contributed by atoms with Gasteiger partial charge in [0, 0.05) is 35.7 Å². The first-order valence-electron chi connectivity index (χ1n) is 8.94. The fraction of sp³-hybridized carbons (Fsp3) is 0.0500. The van der Waals surface area contributed by atoms with E-state index in [2.05, 4.69) is 30.5 Å². The first kappa shape index (κ1) is 17.7. The standard InChI is InChI=1S/C20H14FN7O2/c1-8(29)26-13-6-10-14(9-2-3-12(21)16-11(9)7-25-28-16)15(22)20(30)27-17(10)19-18(13)23-4-5-24-19/h2-7H,22H2,1H3,(H,25,28)(H,26,29)(H,27,30). The third-order valence-corrected chi connectivity index (χ3v) is 4.91. The highest BCUT2D eigenvalue weighted by atomic mass is 19.1. The van der Waals surface area contributed by atoms with Crippen molar-refractivity contribution < 1.29 is 9.18 Å². The summed E-state index contributed by atoms with van der Waals surface area (Å²) in [6, 6.07) is 4.49. The van der Waals surface area contributed by atoms with E-state index in [1.54, 1.807) is 6.07 Å². The Bertz CT molecular complexity index is 1550. The van der Waals surface area contributed by atoms with Crippen LogP contribution in [0.4, 0.5) is 15.8 Å². The van der Waals surface area contributed by atoms with Crippen LogP contribution in [0, 0.1) is 5.82 Å². The summed E-state index contributed by atoms with van der Waals surface area (Å²) in [5, 5.41) is 10.3. The molecule has 0 unspecified atom stereocenters. The Morgan fingerprint density at radius 2 is 1.90 bits per heavy atom. The van der Waals surface area contributed by atoms with Crippen molar-refractivity contribution in [2.75, 3.05) is 11.1 Å². The van der Waals surface area contributed by atoms with Crippen LogP contribution >= 0.6 is 0 Å². The molecule has 0 saturated heterocycles. The largest absolute Gasteiger partial charge is 0.394 e. The molecule has 0 saturated carbocycles. The van der Waals surface area contributed by atoms with Gasteiger partial charge in [0.1, 0.15) is 28.1 Å². The average Bonchev–Trinajstić information content (AvgIpc) is 3.22. The number of carbonyl (C=O) groups excluding carboxylic acids is 1. The number of hydrogen-bond donors (Lipinski definition) is 4. The van der Waals surface area contributed by atoms with Crippen molar-refractivity contribution in [3.05, 3.63) is 53.0 Å². The molecule has 0 atom stereocenters. The van der Waals surface area contributed by atoms with Crippen LogP contribution < -0.4 is 16.6 Å². The van der Waals surface area contributed by atoms with Gasteiger partial charge < -0.3 is 16.0 Å². The van der Waals surface area contributed by atoms with Crippen molar-refractivity contribution in [1.82, 2.24) is 25.1 Å². The first-order chi connectivity index (χ1) is 14.5. The van der Waals surface area contributed by atoms with Gasteiger partial charge in [-0.2, -0.15) is 5.10 Å². The van der Waals surface area contributed by atoms with Gasteiger partial charge in [0.2, 0.25) is 5.91 Å². The van der Waals surface area contributed by atoms with Crippen molar-refractivity contribution in [2.24, 2.45) is 0 Å². The van der Waals surface area contributed by atoms with E-state index in [1.807, 2.05) is 0 Å². The SMILES string of the molecule is CC(=O)Nc1cc2c(-c3ccc(F)c4[nH]ncc34)c(N)c(=O)[nH]c2c2nccnc12. The molecule has 0 aliphatic rings. The van der Waals surface area contributed by atoms with Gasteiger partial charge in [-0.05, 0) is 17.7 Å². The highest BCUT2D eigenvalue weighted by Crippen LogP contribution is 2.39. The third kappa shape index (κ3) is 2.50. The smallest absolute Gasteiger partial charge is 0.272 e. The van der Waals surface area contributed by atoms with Crippen LogP contribution in [-0.4, -0.2) is 31.1 Å². The van der Waals surface area contributed by atoms with Crippen molar-refractivity contribution in [2.45, 2.75) is 6.92 Å². The maximum atomic E-state index is 14.2. The molecule has 5 N–H and O–H groups in total. The number of amides is 1. The summed E-state index contributed by atoms with van der Waals surface area (Å²) in [5.41, 5.74) is 8.35. The zero-order valence-electron chi connectivity index (χ0n) is 15.6. The Kier molecular flexibility index (Phi) is 3.75. The molecule has 1 amide bonds. The van der Waals surface area contributed by atoms with Gasteiger partial charge in [-0.1, -0.05) is 6.07 Å². The van der Waals surface area contributed by atoms with E-state index in [0.717, 1.165) is 0 Å². The molecule has 0 fully saturated rings. The number of carbonyl (C=O) groups is 1.